The van der Waals surface area contributed by atoms with Gasteiger partial charge in [0.05, 0.1) is 0 Å². The zero-order valence-corrected chi connectivity index (χ0v) is 15.9. The van der Waals surface area contributed by atoms with Gasteiger partial charge in [0.2, 0.25) is 0 Å². The van der Waals surface area contributed by atoms with Gasteiger partial charge in [0.1, 0.15) is 17.2 Å². The second kappa shape index (κ2) is 8.60. The van der Waals surface area contributed by atoms with Gasteiger partial charge in [0.25, 0.3) is 5.91 Å². The summed E-state index contributed by atoms with van der Waals surface area (Å²) in [5.74, 6) is 1.79. The van der Waals surface area contributed by atoms with Crippen molar-refractivity contribution in [2.75, 3.05) is 5.32 Å². The number of aryl methyl sites for hydroxylation is 1. The molecule has 1 amide bonds. The van der Waals surface area contributed by atoms with Crippen molar-refractivity contribution < 1.29 is 14.3 Å². The second-order valence-corrected chi connectivity index (χ2v) is 6.51. The van der Waals surface area contributed by atoms with Crippen LogP contribution in [0.4, 0.5) is 5.69 Å². The van der Waals surface area contributed by atoms with E-state index in [1.165, 1.54) is 0 Å². The predicted octanol–water partition coefficient (Wildman–Crippen LogP) is 5.85. The standard InChI is InChI=1S/C22H20ClNO3/c1-15-8-9-17(14-21(15)23)24-22(25)16(2)26-19-10-12-20(13-11-19)27-18-6-4-3-5-7-18/h3-14,16H,1-2H3,(H,24,25). The van der Waals surface area contributed by atoms with Crippen molar-refractivity contribution in [3.8, 4) is 17.2 Å². The Morgan fingerprint density at radius 1 is 0.926 bits per heavy atom. The average Bonchev–Trinajstić information content (AvgIpc) is 2.67. The fourth-order valence-corrected chi connectivity index (χ4v) is 2.56. The number of carbonyl (C=O) groups excluding carboxylic acids is 1. The van der Waals surface area contributed by atoms with Crippen LogP contribution < -0.4 is 14.8 Å². The number of halogens is 1. The van der Waals surface area contributed by atoms with Crippen LogP contribution in [0.5, 0.6) is 17.2 Å². The van der Waals surface area contributed by atoms with E-state index in [1.54, 1.807) is 37.3 Å². The summed E-state index contributed by atoms with van der Waals surface area (Å²) < 4.78 is 11.4. The summed E-state index contributed by atoms with van der Waals surface area (Å²) in [7, 11) is 0. The molecule has 0 bridgehead atoms. The molecule has 27 heavy (non-hydrogen) atoms. The maximum absolute atomic E-state index is 12.3. The maximum atomic E-state index is 12.3. The van der Waals surface area contributed by atoms with Crippen molar-refractivity contribution in [3.63, 3.8) is 0 Å². The number of hydrogen-bond acceptors (Lipinski definition) is 3. The van der Waals surface area contributed by atoms with Gasteiger partial charge >= 0.3 is 0 Å². The molecule has 138 valence electrons. The van der Waals surface area contributed by atoms with Gasteiger partial charge in [-0.1, -0.05) is 35.9 Å². The highest BCUT2D eigenvalue weighted by atomic mass is 35.5. The van der Waals surface area contributed by atoms with E-state index in [9.17, 15) is 4.79 Å². The van der Waals surface area contributed by atoms with Gasteiger partial charge in [-0.15, -0.1) is 0 Å². The molecule has 0 radical (unpaired) electrons. The third kappa shape index (κ3) is 5.25. The van der Waals surface area contributed by atoms with Crippen LogP contribution in [-0.2, 0) is 4.79 Å². The first-order valence-electron chi connectivity index (χ1n) is 8.58. The number of carbonyl (C=O) groups is 1. The van der Waals surface area contributed by atoms with Crippen molar-refractivity contribution in [3.05, 3.63) is 83.4 Å². The van der Waals surface area contributed by atoms with Crippen molar-refractivity contribution in [2.24, 2.45) is 0 Å². The molecule has 0 aromatic heterocycles. The van der Waals surface area contributed by atoms with Gasteiger partial charge < -0.3 is 14.8 Å². The molecule has 0 aliphatic heterocycles. The van der Waals surface area contributed by atoms with E-state index >= 15 is 0 Å². The highest BCUT2D eigenvalue weighted by molar-refractivity contribution is 6.31. The minimum atomic E-state index is -0.661. The van der Waals surface area contributed by atoms with Gasteiger partial charge in [-0.05, 0) is 67.9 Å². The number of amides is 1. The molecule has 3 aromatic rings. The summed E-state index contributed by atoms with van der Waals surface area (Å²) in [6.45, 7) is 3.60. The first-order valence-corrected chi connectivity index (χ1v) is 8.96. The Bertz CT molecular complexity index is 911. The van der Waals surface area contributed by atoms with Crippen LogP contribution >= 0.6 is 11.6 Å². The molecule has 4 nitrogen and oxygen atoms in total. The van der Waals surface area contributed by atoms with Crippen LogP contribution in [0.2, 0.25) is 5.02 Å². The molecular formula is C22H20ClNO3. The Kier molecular flexibility index (Phi) is 5.99. The number of anilines is 1. The molecule has 0 saturated carbocycles. The van der Waals surface area contributed by atoms with Crippen LogP contribution in [-0.4, -0.2) is 12.0 Å². The first kappa shape index (κ1) is 18.8. The molecule has 1 unspecified atom stereocenters. The van der Waals surface area contributed by atoms with Crippen molar-refractivity contribution in [1.29, 1.82) is 0 Å². The quantitative estimate of drug-likeness (QED) is 0.582. The van der Waals surface area contributed by atoms with Crippen LogP contribution in [0.1, 0.15) is 12.5 Å². The van der Waals surface area contributed by atoms with Crippen LogP contribution in [0, 0.1) is 6.92 Å². The molecule has 1 atom stereocenters. The van der Waals surface area contributed by atoms with Gasteiger partial charge in [-0.2, -0.15) is 0 Å². The summed E-state index contributed by atoms with van der Waals surface area (Å²) >= 11 is 6.09. The van der Waals surface area contributed by atoms with Crippen LogP contribution in [0.15, 0.2) is 72.8 Å². The summed E-state index contributed by atoms with van der Waals surface area (Å²) in [5.41, 5.74) is 1.59. The molecule has 0 saturated heterocycles. The SMILES string of the molecule is Cc1ccc(NC(=O)C(C)Oc2ccc(Oc3ccccc3)cc2)cc1Cl. The molecule has 5 heteroatoms. The van der Waals surface area contributed by atoms with E-state index in [0.29, 0.717) is 22.2 Å². The molecule has 3 aromatic carbocycles. The van der Waals surface area contributed by atoms with E-state index in [-0.39, 0.29) is 5.91 Å². The first-order chi connectivity index (χ1) is 13.0. The smallest absolute Gasteiger partial charge is 0.265 e. The summed E-state index contributed by atoms with van der Waals surface area (Å²) in [5, 5.41) is 3.41. The van der Waals surface area contributed by atoms with E-state index in [0.717, 1.165) is 11.3 Å². The highest BCUT2D eigenvalue weighted by Gasteiger charge is 2.15. The van der Waals surface area contributed by atoms with Crippen LogP contribution in [0.25, 0.3) is 0 Å². The van der Waals surface area contributed by atoms with Gasteiger partial charge in [-0.25, -0.2) is 0 Å². The Morgan fingerprint density at radius 2 is 1.56 bits per heavy atom. The van der Waals surface area contributed by atoms with E-state index in [2.05, 4.69) is 5.32 Å². The van der Waals surface area contributed by atoms with Crippen molar-refractivity contribution in [1.82, 2.24) is 0 Å². The number of para-hydroxylation sites is 1. The number of ether oxygens (including phenoxy) is 2. The molecule has 1 N–H and O–H groups in total. The van der Waals surface area contributed by atoms with Gasteiger partial charge in [0.15, 0.2) is 6.10 Å². The Labute approximate surface area is 163 Å². The van der Waals surface area contributed by atoms with Crippen LogP contribution in [0.3, 0.4) is 0 Å². The number of rotatable bonds is 6. The molecule has 0 heterocycles. The fraction of sp³-hybridized carbons (Fsp3) is 0.136. The molecule has 0 fully saturated rings. The highest BCUT2D eigenvalue weighted by Crippen LogP contribution is 2.24. The largest absolute Gasteiger partial charge is 0.481 e. The number of hydrogen-bond donors (Lipinski definition) is 1. The minimum Gasteiger partial charge on any atom is -0.481 e. The molecular weight excluding hydrogens is 362 g/mol. The Hall–Kier alpha value is -2.98. The summed E-state index contributed by atoms with van der Waals surface area (Å²) in [6.07, 6.45) is -0.661. The van der Waals surface area contributed by atoms with Crippen molar-refractivity contribution in [2.45, 2.75) is 20.0 Å². The maximum Gasteiger partial charge on any atom is 0.265 e. The lowest BCUT2D eigenvalue weighted by Crippen LogP contribution is -2.30. The summed E-state index contributed by atoms with van der Waals surface area (Å²) in [4.78, 5) is 12.3. The predicted molar refractivity (Wildman–Crippen MR) is 108 cm³/mol. The van der Waals surface area contributed by atoms with Crippen molar-refractivity contribution >= 4 is 23.2 Å². The lowest BCUT2D eigenvalue weighted by atomic mass is 10.2. The lowest BCUT2D eigenvalue weighted by Gasteiger charge is -2.15. The number of nitrogens with one attached hydrogen (secondary N) is 1. The third-order valence-corrected chi connectivity index (χ3v) is 4.33. The topological polar surface area (TPSA) is 47.6 Å². The molecule has 0 aliphatic rings. The average molecular weight is 382 g/mol. The van der Waals surface area contributed by atoms with E-state index < -0.39 is 6.10 Å². The zero-order valence-electron chi connectivity index (χ0n) is 15.1. The second-order valence-electron chi connectivity index (χ2n) is 6.10. The minimum absolute atomic E-state index is 0.250. The Morgan fingerprint density at radius 3 is 2.22 bits per heavy atom. The van der Waals surface area contributed by atoms with Gasteiger partial charge in [-0.3, -0.25) is 4.79 Å². The van der Waals surface area contributed by atoms with E-state index in [4.69, 9.17) is 21.1 Å². The normalized spacial score (nSPS) is 11.5. The third-order valence-electron chi connectivity index (χ3n) is 3.92. The zero-order chi connectivity index (χ0) is 19.2. The monoisotopic (exact) mass is 381 g/mol. The Balaban J connectivity index is 1.57. The molecule has 3 rings (SSSR count). The van der Waals surface area contributed by atoms with Gasteiger partial charge in [0, 0.05) is 10.7 Å². The summed E-state index contributed by atoms with van der Waals surface area (Å²) in [6, 6.07) is 22.0. The number of benzene rings is 3. The molecule has 0 aliphatic carbocycles. The molecule has 0 spiro atoms. The fourth-order valence-electron chi connectivity index (χ4n) is 2.38. The van der Waals surface area contributed by atoms with E-state index in [1.807, 2.05) is 49.4 Å². The lowest BCUT2D eigenvalue weighted by molar-refractivity contribution is -0.122.